The van der Waals surface area contributed by atoms with Crippen molar-refractivity contribution >= 4 is 56.6 Å². The number of sulfonamides is 1. The van der Waals surface area contributed by atoms with Crippen LogP contribution in [-0.2, 0) is 39.1 Å². The molecule has 0 spiro atoms. The van der Waals surface area contributed by atoms with Crippen LogP contribution in [0.5, 0.6) is 0 Å². The number of hydrogen-bond acceptors (Lipinski definition) is 4. The average Bonchev–Trinajstić information content (AvgIpc) is 3.61. The Morgan fingerprint density at radius 3 is 2.09 bits per heavy atom. The first-order valence-corrected chi connectivity index (χ1v) is 17.6. The highest BCUT2D eigenvalue weighted by Gasteiger charge is 2.32. The number of rotatable bonds is 12. The van der Waals surface area contributed by atoms with Gasteiger partial charge in [0, 0.05) is 47.7 Å². The van der Waals surface area contributed by atoms with E-state index in [1.54, 1.807) is 59.5 Å². The minimum atomic E-state index is -3.53. The van der Waals surface area contributed by atoms with Crippen LogP contribution in [-0.4, -0.2) is 42.5 Å². The van der Waals surface area contributed by atoms with E-state index in [-0.39, 0.29) is 36.2 Å². The molecule has 240 valence electrons. The van der Waals surface area contributed by atoms with E-state index in [2.05, 4.69) is 5.32 Å². The summed E-state index contributed by atoms with van der Waals surface area (Å²) in [4.78, 5) is 29.8. The summed E-state index contributed by atoms with van der Waals surface area (Å²) < 4.78 is 27.4. The maximum atomic E-state index is 14.1. The molecule has 0 aromatic heterocycles. The van der Waals surface area contributed by atoms with Gasteiger partial charge >= 0.3 is 0 Å². The van der Waals surface area contributed by atoms with Gasteiger partial charge in [-0.05, 0) is 77.9 Å². The molecule has 2 amide bonds. The van der Waals surface area contributed by atoms with Crippen LogP contribution >= 0.6 is 34.8 Å². The van der Waals surface area contributed by atoms with Crippen LogP contribution < -0.4 is 5.32 Å². The quantitative estimate of drug-likeness (QED) is 0.167. The van der Waals surface area contributed by atoms with Gasteiger partial charge in [0.1, 0.15) is 6.04 Å². The minimum Gasteiger partial charge on any atom is -0.350 e. The Hall–Kier alpha value is -3.40. The zero-order chi connectivity index (χ0) is 32.7. The molecule has 0 radical (unpaired) electrons. The molecule has 0 bridgehead atoms. The molecule has 0 saturated carbocycles. The topological polar surface area (TPSA) is 86.8 Å². The lowest BCUT2D eigenvalue weighted by molar-refractivity contribution is -0.141. The number of nitrogens with zero attached hydrogens (tertiary/aromatic N) is 2. The predicted molar refractivity (Wildman–Crippen MR) is 182 cm³/mol. The molecule has 0 aliphatic carbocycles. The highest BCUT2D eigenvalue weighted by atomic mass is 35.5. The summed E-state index contributed by atoms with van der Waals surface area (Å²) in [6, 6.07) is 27.1. The van der Waals surface area contributed by atoms with E-state index in [0.29, 0.717) is 45.7 Å². The molecule has 46 heavy (non-hydrogen) atoms. The number of hydrogen-bond donors (Lipinski definition) is 1. The van der Waals surface area contributed by atoms with E-state index in [9.17, 15) is 18.0 Å². The number of carbonyl (C=O) groups is 2. The third kappa shape index (κ3) is 8.49. The smallest absolute Gasteiger partial charge is 0.247 e. The Morgan fingerprint density at radius 1 is 0.804 bits per heavy atom. The standard InChI is InChI=1S/C35H34Cl3N3O4S/c36-29-14-8-26(9-15-29)24-41(33(42)19-12-25-10-17-31(18-11-25)46(44,45)40-20-4-5-21-40)34(27-6-2-1-3-7-27)35(43)39-23-28-13-16-30(37)22-32(28)38/h1-3,6-11,13-18,22,34H,4-5,12,19-21,23-24H2,(H,39,43). The van der Waals surface area contributed by atoms with Gasteiger partial charge in [-0.15, -0.1) is 0 Å². The second kappa shape index (κ2) is 15.5. The largest absolute Gasteiger partial charge is 0.350 e. The Kier molecular flexibility index (Phi) is 11.4. The van der Waals surface area contributed by atoms with Crippen LogP contribution in [0.4, 0.5) is 0 Å². The predicted octanol–water partition coefficient (Wildman–Crippen LogP) is 7.45. The number of amides is 2. The van der Waals surface area contributed by atoms with Crippen molar-refractivity contribution in [2.24, 2.45) is 0 Å². The number of aryl methyl sites for hydroxylation is 1. The van der Waals surface area contributed by atoms with Crippen molar-refractivity contribution < 1.29 is 18.0 Å². The van der Waals surface area contributed by atoms with E-state index >= 15 is 0 Å². The van der Waals surface area contributed by atoms with Crippen molar-refractivity contribution in [2.75, 3.05) is 13.1 Å². The third-order valence-corrected chi connectivity index (χ3v) is 10.7. The molecule has 7 nitrogen and oxygen atoms in total. The van der Waals surface area contributed by atoms with Crippen molar-refractivity contribution in [3.63, 3.8) is 0 Å². The fraction of sp³-hybridized carbons (Fsp3) is 0.257. The van der Waals surface area contributed by atoms with Gasteiger partial charge in [-0.25, -0.2) is 8.42 Å². The van der Waals surface area contributed by atoms with Gasteiger partial charge in [0.2, 0.25) is 21.8 Å². The fourth-order valence-corrected chi connectivity index (χ4v) is 7.58. The van der Waals surface area contributed by atoms with Crippen LogP contribution in [0.25, 0.3) is 0 Å². The van der Waals surface area contributed by atoms with Crippen molar-refractivity contribution in [1.29, 1.82) is 0 Å². The molecule has 4 aromatic rings. The van der Waals surface area contributed by atoms with Crippen LogP contribution in [0.3, 0.4) is 0 Å². The monoisotopic (exact) mass is 697 g/mol. The molecular weight excluding hydrogens is 665 g/mol. The summed E-state index contributed by atoms with van der Waals surface area (Å²) in [6.45, 7) is 1.38. The summed E-state index contributed by atoms with van der Waals surface area (Å²) in [5.74, 6) is -0.603. The van der Waals surface area contributed by atoms with Crippen LogP contribution in [0.1, 0.15) is 47.6 Å². The molecule has 1 heterocycles. The van der Waals surface area contributed by atoms with Crippen LogP contribution in [0, 0.1) is 0 Å². The fourth-order valence-electron chi connectivity index (χ4n) is 5.46. The number of nitrogens with one attached hydrogen (secondary N) is 1. The first-order chi connectivity index (χ1) is 22.1. The van der Waals surface area contributed by atoms with Crippen molar-refractivity contribution in [3.8, 4) is 0 Å². The molecule has 1 N–H and O–H groups in total. The maximum absolute atomic E-state index is 14.1. The zero-order valence-corrected chi connectivity index (χ0v) is 28.1. The van der Waals surface area contributed by atoms with Crippen molar-refractivity contribution in [2.45, 2.75) is 49.7 Å². The number of carbonyl (C=O) groups excluding carboxylic acids is 2. The van der Waals surface area contributed by atoms with Gasteiger partial charge in [0.05, 0.1) is 4.90 Å². The van der Waals surface area contributed by atoms with Crippen LogP contribution in [0.2, 0.25) is 15.1 Å². The molecular formula is C35H34Cl3N3O4S. The molecule has 1 aliphatic heterocycles. The molecule has 1 fully saturated rings. The molecule has 1 aliphatic rings. The van der Waals surface area contributed by atoms with Crippen molar-refractivity contribution in [1.82, 2.24) is 14.5 Å². The SMILES string of the molecule is O=C(NCc1ccc(Cl)cc1Cl)C(c1ccccc1)N(Cc1ccc(Cl)cc1)C(=O)CCc1ccc(S(=O)(=O)N2CCCC2)cc1. The van der Waals surface area contributed by atoms with E-state index in [1.165, 1.54) is 4.31 Å². The summed E-state index contributed by atoms with van der Waals surface area (Å²) >= 11 is 18.5. The van der Waals surface area contributed by atoms with Gasteiger partial charge in [0.25, 0.3) is 0 Å². The lowest BCUT2D eigenvalue weighted by Gasteiger charge is -2.32. The summed E-state index contributed by atoms with van der Waals surface area (Å²) in [7, 11) is -3.53. The molecule has 11 heteroatoms. The number of halogens is 3. The van der Waals surface area contributed by atoms with Crippen LogP contribution in [0.15, 0.2) is 102 Å². The first kappa shape index (κ1) is 33.9. The van der Waals surface area contributed by atoms with Crippen molar-refractivity contribution in [3.05, 3.63) is 134 Å². The minimum absolute atomic E-state index is 0.103. The van der Waals surface area contributed by atoms with Gasteiger partial charge < -0.3 is 10.2 Å². The summed E-state index contributed by atoms with van der Waals surface area (Å²) in [5, 5.41) is 4.45. The average molecular weight is 699 g/mol. The van der Waals surface area contributed by atoms with Gasteiger partial charge in [-0.1, -0.05) is 95.5 Å². The normalized spacial score (nSPS) is 14.2. The Labute approximate surface area is 285 Å². The van der Waals surface area contributed by atoms with Gasteiger partial charge in [-0.2, -0.15) is 4.31 Å². The van der Waals surface area contributed by atoms with Gasteiger partial charge in [-0.3, -0.25) is 9.59 Å². The highest BCUT2D eigenvalue weighted by molar-refractivity contribution is 7.89. The van der Waals surface area contributed by atoms with E-state index in [0.717, 1.165) is 24.0 Å². The lowest BCUT2D eigenvalue weighted by Crippen LogP contribution is -2.43. The van der Waals surface area contributed by atoms with E-state index in [4.69, 9.17) is 34.8 Å². The Balaban J connectivity index is 1.38. The zero-order valence-electron chi connectivity index (χ0n) is 25.0. The first-order valence-electron chi connectivity index (χ1n) is 15.0. The molecule has 1 atom stereocenters. The molecule has 5 rings (SSSR count). The highest BCUT2D eigenvalue weighted by Crippen LogP contribution is 2.27. The maximum Gasteiger partial charge on any atom is 0.247 e. The molecule has 1 unspecified atom stereocenters. The lowest BCUT2D eigenvalue weighted by atomic mass is 10.0. The third-order valence-electron chi connectivity index (χ3n) is 7.98. The Bertz CT molecular complexity index is 1760. The second-order valence-electron chi connectivity index (χ2n) is 11.2. The molecule has 4 aromatic carbocycles. The second-order valence-corrected chi connectivity index (χ2v) is 14.4. The van der Waals surface area contributed by atoms with E-state index in [1.807, 2.05) is 42.5 Å². The summed E-state index contributed by atoms with van der Waals surface area (Å²) in [5.41, 5.74) is 2.97. The number of benzene rings is 4. The molecule has 1 saturated heterocycles. The summed E-state index contributed by atoms with van der Waals surface area (Å²) in [6.07, 6.45) is 2.20. The van der Waals surface area contributed by atoms with E-state index < -0.39 is 16.1 Å². The Morgan fingerprint density at radius 2 is 1.43 bits per heavy atom. The van der Waals surface area contributed by atoms with Gasteiger partial charge in [0.15, 0.2) is 0 Å².